The van der Waals surface area contributed by atoms with Crippen molar-refractivity contribution in [3.8, 4) is 0 Å². The van der Waals surface area contributed by atoms with Gasteiger partial charge in [0.2, 0.25) is 0 Å². The quantitative estimate of drug-likeness (QED) is 0.0195. The highest BCUT2D eigenvalue weighted by atomic mass is 31.2. The van der Waals surface area contributed by atoms with Crippen molar-refractivity contribution in [1.29, 1.82) is 0 Å². The van der Waals surface area contributed by atoms with Crippen LogP contribution in [0.4, 0.5) is 0 Å². The molecule has 90 heavy (non-hydrogen) atoms. The third-order valence-electron chi connectivity index (χ3n) is 14.1. The van der Waals surface area contributed by atoms with Crippen LogP contribution in [0.2, 0.25) is 0 Å². The summed E-state index contributed by atoms with van der Waals surface area (Å²) in [6, 6.07) is 0. The minimum absolute atomic E-state index is 0.0467. The maximum absolute atomic E-state index is 12.9. The smallest absolute Gasteiger partial charge is 0.306 e. The fourth-order valence-electron chi connectivity index (χ4n) is 8.80. The standard InChI is InChI=1S/C80H128NO8P/c1-6-8-10-12-14-16-18-20-22-24-26-28-30-32-33-34-35-36-37-38-39-40-41-42-43-44-45-46-47-49-51-53-55-57-59-61-63-65-67-69-71-73-80(83)89-78(77-88-90(84,85)87-75-74-81(3,4)5)76-86-79(82)72-70-68-66-64-62-60-58-56-54-52-50-48-31-29-27-25-23-21-19-17-15-13-11-9-7-2/h8-11,14-17,20-23,26-29,32-33,35-36,38-39,41-42,44-45,48,50,54,56,60,62,78H,6-7,12-13,18-19,24-25,30-31,34,37,40,43,46-47,49,51-53,55,57-59,61,63-77H2,1-5H3/b10-8-,11-9-,16-14-,17-15-,22-20-,23-21-,28-26-,29-27-,33-32-,36-35-,39-38-,42-41-,45-44-,50-48-,56-54-,62-60-. The van der Waals surface area contributed by atoms with Gasteiger partial charge in [-0.1, -0.05) is 285 Å². The molecule has 2 atom stereocenters. The predicted octanol–water partition coefficient (Wildman–Crippen LogP) is 22.6. The van der Waals surface area contributed by atoms with Gasteiger partial charge in [-0.25, -0.2) is 0 Å². The molecule has 0 fully saturated rings. The van der Waals surface area contributed by atoms with E-state index in [0.717, 1.165) is 141 Å². The summed E-state index contributed by atoms with van der Waals surface area (Å²) in [5, 5.41) is 0. The zero-order chi connectivity index (χ0) is 65.5. The fraction of sp³-hybridized carbons (Fsp3) is 0.575. The summed E-state index contributed by atoms with van der Waals surface area (Å²) in [4.78, 5) is 38.0. The van der Waals surface area contributed by atoms with E-state index >= 15 is 0 Å². The van der Waals surface area contributed by atoms with Crippen molar-refractivity contribution in [2.24, 2.45) is 0 Å². The number of likely N-dealkylation sites (N-methyl/N-ethyl adjacent to an activating group) is 1. The Morgan fingerprint density at radius 2 is 0.600 bits per heavy atom. The number of carbonyl (C=O) groups excluding carboxylic acids is 2. The molecular weight excluding hydrogens is 1130 g/mol. The minimum atomic E-state index is -4.66. The van der Waals surface area contributed by atoms with Crippen molar-refractivity contribution in [3.63, 3.8) is 0 Å². The zero-order valence-electron chi connectivity index (χ0n) is 57.5. The normalized spacial score (nSPS) is 14.3. The zero-order valence-corrected chi connectivity index (χ0v) is 58.4. The molecule has 0 aromatic heterocycles. The molecule has 0 aliphatic rings. The number of quaternary nitrogens is 1. The molecule has 0 saturated heterocycles. The summed E-state index contributed by atoms with van der Waals surface area (Å²) in [6.07, 6.45) is 106. The van der Waals surface area contributed by atoms with Crippen LogP contribution < -0.4 is 4.89 Å². The molecule has 9 nitrogen and oxygen atoms in total. The van der Waals surface area contributed by atoms with Crippen molar-refractivity contribution in [2.75, 3.05) is 47.5 Å². The van der Waals surface area contributed by atoms with Crippen LogP contribution in [0.1, 0.15) is 245 Å². The molecule has 506 valence electrons. The Bertz CT molecular complexity index is 2220. The number of esters is 2. The number of hydrogen-bond acceptors (Lipinski definition) is 8. The third kappa shape index (κ3) is 71.9. The van der Waals surface area contributed by atoms with Crippen molar-refractivity contribution in [1.82, 2.24) is 0 Å². The monoisotopic (exact) mass is 1260 g/mol. The number of phosphoric acid groups is 1. The number of allylic oxidation sites excluding steroid dienone is 32. The van der Waals surface area contributed by atoms with Gasteiger partial charge >= 0.3 is 11.9 Å². The summed E-state index contributed by atoms with van der Waals surface area (Å²) in [7, 11) is 1.12. The van der Waals surface area contributed by atoms with Crippen LogP contribution in [0, 0.1) is 0 Å². The fourth-order valence-corrected chi connectivity index (χ4v) is 9.53. The van der Waals surface area contributed by atoms with Gasteiger partial charge in [-0.3, -0.25) is 14.2 Å². The third-order valence-corrected chi connectivity index (χ3v) is 15.1. The van der Waals surface area contributed by atoms with E-state index in [4.69, 9.17) is 18.5 Å². The van der Waals surface area contributed by atoms with Gasteiger partial charge in [0, 0.05) is 12.8 Å². The van der Waals surface area contributed by atoms with E-state index in [9.17, 15) is 19.0 Å². The summed E-state index contributed by atoms with van der Waals surface area (Å²) in [5.41, 5.74) is 0. The Morgan fingerprint density at radius 3 is 0.900 bits per heavy atom. The molecule has 0 heterocycles. The summed E-state index contributed by atoms with van der Waals surface area (Å²) in [5.74, 6) is -0.885. The molecule has 2 unspecified atom stereocenters. The van der Waals surface area contributed by atoms with Gasteiger partial charge in [0.25, 0.3) is 7.82 Å². The van der Waals surface area contributed by atoms with Gasteiger partial charge in [0.1, 0.15) is 19.8 Å². The maximum atomic E-state index is 12.9. The van der Waals surface area contributed by atoms with Crippen LogP contribution in [0.3, 0.4) is 0 Å². The largest absolute Gasteiger partial charge is 0.756 e. The number of ether oxygens (including phenoxy) is 2. The molecule has 0 saturated carbocycles. The Labute approximate surface area is 552 Å². The highest BCUT2D eigenvalue weighted by Gasteiger charge is 2.22. The highest BCUT2D eigenvalue weighted by Crippen LogP contribution is 2.38. The molecule has 0 aromatic carbocycles. The van der Waals surface area contributed by atoms with Gasteiger partial charge in [0.05, 0.1) is 27.7 Å². The van der Waals surface area contributed by atoms with E-state index in [1.807, 2.05) is 21.1 Å². The average molecular weight is 1260 g/mol. The van der Waals surface area contributed by atoms with Crippen LogP contribution in [-0.2, 0) is 32.7 Å². The van der Waals surface area contributed by atoms with Crippen molar-refractivity contribution in [3.05, 3.63) is 194 Å². The Balaban J connectivity index is 4.14. The lowest BCUT2D eigenvalue weighted by Gasteiger charge is -2.28. The molecule has 0 aliphatic heterocycles. The van der Waals surface area contributed by atoms with Crippen LogP contribution >= 0.6 is 7.82 Å². The lowest BCUT2D eigenvalue weighted by molar-refractivity contribution is -0.870. The number of unbranched alkanes of at least 4 members (excludes halogenated alkanes) is 16. The van der Waals surface area contributed by atoms with Gasteiger partial charge < -0.3 is 27.9 Å². The molecule has 0 aromatic rings. The Hall–Kier alpha value is -5.15. The minimum Gasteiger partial charge on any atom is -0.756 e. The number of rotatable bonds is 62. The number of phosphoric ester groups is 1. The van der Waals surface area contributed by atoms with E-state index in [0.29, 0.717) is 23.9 Å². The molecule has 10 heteroatoms. The maximum Gasteiger partial charge on any atom is 0.306 e. The molecule has 0 amide bonds. The van der Waals surface area contributed by atoms with Gasteiger partial charge in [-0.15, -0.1) is 0 Å². The first-order valence-electron chi connectivity index (χ1n) is 35.1. The molecule has 0 rings (SSSR count). The van der Waals surface area contributed by atoms with Crippen LogP contribution in [-0.4, -0.2) is 70.0 Å². The van der Waals surface area contributed by atoms with Gasteiger partial charge in [-0.05, 0) is 141 Å². The first kappa shape index (κ1) is 84.8. The Kier molecular flexibility index (Phi) is 64.3. The molecule has 0 radical (unpaired) electrons. The first-order valence-corrected chi connectivity index (χ1v) is 36.6. The van der Waals surface area contributed by atoms with E-state index in [-0.39, 0.29) is 26.1 Å². The van der Waals surface area contributed by atoms with E-state index in [2.05, 4.69) is 208 Å². The second-order valence-corrected chi connectivity index (χ2v) is 25.2. The van der Waals surface area contributed by atoms with Gasteiger partial charge in [0.15, 0.2) is 6.10 Å². The number of hydrogen-bond donors (Lipinski definition) is 0. The van der Waals surface area contributed by atoms with Crippen molar-refractivity contribution in [2.45, 2.75) is 251 Å². The number of nitrogens with zero attached hydrogens (tertiary/aromatic N) is 1. The average Bonchev–Trinajstić information content (AvgIpc) is 3.62. The summed E-state index contributed by atoms with van der Waals surface area (Å²) < 4.78 is 34.2. The van der Waals surface area contributed by atoms with Crippen molar-refractivity contribution < 1.29 is 42.1 Å². The molecule has 0 N–H and O–H groups in total. The molecular formula is C80H128NO8P. The lowest BCUT2D eigenvalue weighted by atomic mass is 10.0. The van der Waals surface area contributed by atoms with Crippen LogP contribution in [0.25, 0.3) is 0 Å². The van der Waals surface area contributed by atoms with Crippen LogP contribution in [0.5, 0.6) is 0 Å². The second kappa shape index (κ2) is 68.2. The van der Waals surface area contributed by atoms with Crippen LogP contribution in [0.15, 0.2) is 194 Å². The van der Waals surface area contributed by atoms with E-state index < -0.39 is 32.5 Å². The Morgan fingerprint density at radius 1 is 0.344 bits per heavy atom. The molecule has 0 spiro atoms. The van der Waals surface area contributed by atoms with E-state index in [1.54, 1.807) is 0 Å². The predicted molar refractivity (Wildman–Crippen MR) is 387 cm³/mol. The highest BCUT2D eigenvalue weighted by molar-refractivity contribution is 7.45. The first-order chi connectivity index (χ1) is 44.0. The summed E-state index contributed by atoms with van der Waals surface area (Å²) in [6.45, 7) is 3.95. The van der Waals surface area contributed by atoms with Gasteiger partial charge in [-0.2, -0.15) is 0 Å². The SMILES string of the molecule is CC/C=C\C/C=C\C/C=C\C/C=C\C/C=C\C/C=C\C/C=C\C/C=C\C/C=C\CCCCCCCCCCCCCCCC(=O)OC(COC(=O)CCCCC/C=C\C/C=C\C/C=C\C/C=C\C/C=C\C/C=C\C/C=C\CC)COP(=O)([O-])OCC[N+](C)(C)C. The van der Waals surface area contributed by atoms with Crippen molar-refractivity contribution >= 4 is 19.8 Å². The number of carbonyl (C=O) groups is 2. The summed E-state index contributed by atoms with van der Waals surface area (Å²) >= 11 is 0. The second-order valence-electron chi connectivity index (χ2n) is 23.8. The molecule has 0 aliphatic carbocycles. The topological polar surface area (TPSA) is 111 Å². The lowest BCUT2D eigenvalue weighted by Crippen LogP contribution is -2.37. The van der Waals surface area contributed by atoms with E-state index in [1.165, 1.54) is 64.2 Å². The molecule has 0 bridgehead atoms.